The third-order valence-electron chi connectivity index (χ3n) is 5.26. The van der Waals surface area contributed by atoms with Crippen molar-refractivity contribution in [2.24, 2.45) is 11.7 Å². The molecule has 6 heteroatoms. The van der Waals surface area contributed by atoms with Gasteiger partial charge >= 0.3 is 5.97 Å². The fourth-order valence-electron chi connectivity index (χ4n) is 3.51. The molecule has 0 spiro atoms. The summed E-state index contributed by atoms with van der Waals surface area (Å²) in [5, 5.41) is 10.7. The molecule has 3 aromatic rings. The predicted octanol–water partition coefficient (Wildman–Crippen LogP) is 3.81. The van der Waals surface area contributed by atoms with Gasteiger partial charge in [0, 0.05) is 11.1 Å². The summed E-state index contributed by atoms with van der Waals surface area (Å²) in [4.78, 5) is 25.8. The van der Waals surface area contributed by atoms with Crippen molar-refractivity contribution in [3.05, 3.63) is 113 Å². The number of rotatable bonds is 9. The number of amides is 1. The molecule has 168 valence electrons. The lowest BCUT2D eigenvalue weighted by molar-refractivity contribution is -0.145. The van der Waals surface area contributed by atoms with Gasteiger partial charge in [-0.25, -0.2) is 0 Å². The first-order valence-corrected chi connectivity index (χ1v) is 10.6. The molecule has 0 radical (unpaired) electrons. The second-order valence-corrected chi connectivity index (χ2v) is 7.58. The molecule has 3 rings (SSSR count). The number of carbonyl (C=O) groups excluding carboxylic acids is 2. The van der Waals surface area contributed by atoms with Crippen LogP contribution >= 0.6 is 0 Å². The zero-order chi connectivity index (χ0) is 23.6. The second kappa shape index (κ2) is 11.4. The van der Waals surface area contributed by atoms with E-state index in [1.807, 2.05) is 54.6 Å². The molecule has 0 aliphatic rings. The zero-order valence-corrected chi connectivity index (χ0v) is 18.4. The number of nitrogens with two attached hydrogens (primary N) is 1. The summed E-state index contributed by atoms with van der Waals surface area (Å²) >= 11 is 0. The van der Waals surface area contributed by atoms with Crippen molar-refractivity contribution in [2.45, 2.75) is 12.5 Å². The number of methoxy groups -OCH3 is 1. The van der Waals surface area contributed by atoms with Gasteiger partial charge in [0.1, 0.15) is 5.84 Å². The first-order chi connectivity index (χ1) is 16.0. The maximum Gasteiger partial charge on any atom is 0.311 e. The van der Waals surface area contributed by atoms with Gasteiger partial charge < -0.3 is 15.8 Å². The third kappa shape index (κ3) is 6.64. The first kappa shape index (κ1) is 23.5. The summed E-state index contributed by atoms with van der Waals surface area (Å²) in [7, 11) is 1.33. The molecular weight excluding hydrogens is 414 g/mol. The van der Waals surface area contributed by atoms with Crippen LogP contribution in [0.2, 0.25) is 0 Å². The molecule has 0 saturated heterocycles. The van der Waals surface area contributed by atoms with E-state index in [0.29, 0.717) is 17.5 Å². The van der Waals surface area contributed by atoms with Crippen LogP contribution in [0.15, 0.2) is 91.0 Å². The maximum absolute atomic E-state index is 12.9. The van der Waals surface area contributed by atoms with Crippen molar-refractivity contribution >= 4 is 23.8 Å². The Hall–Kier alpha value is -4.19. The van der Waals surface area contributed by atoms with Gasteiger partial charge in [0.25, 0.3) is 5.91 Å². The van der Waals surface area contributed by atoms with E-state index in [1.165, 1.54) is 7.11 Å². The first-order valence-electron chi connectivity index (χ1n) is 10.6. The summed E-state index contributed by atoms with van der Waals surface area (Å²) < 4.78 is 5.09. The number of benzene rings is 3. The Balaban J connectivity index is 1.94. The Morgan fingerprint density at radius 3 is 2.24 bits per heavy atom. The third-order valence-corrected chi connectivity index (χ3v) is 5.26. The average Bonchev–Trinajstić information content (AvgIpc) is 2.86. The second-order valence-electron chi connectivity index (χ2n) is 7.58. The quantitative estimate of drug-likeness (QED) is 0.267. The highest BCUT2D eigenvalue weighted by atomic mass is 16.5. The topological polar surface area (TPSA) is 105 Å². The maximum atomic E-state index is 12.9. The van der Waals surface area contributed by atoms with Crippen LogP contribution in [0.25, 0.3) is 6.08 Å². The monoisotopic (exact) mass is 441 g/mol. The van der Waals surface area contributed by atoms with Crippen LogP contribution in [0.1, 0.15) is 27.0 Å². The Labute approximate surface area is 193 Å². The molecule has 6 nitrogen and oxygen atoms in total. The summed E-state index contributed by atoms with van der Waals surface area (Å²) in [6.07, 6.45) is 3.98. The van der Waals surface area contributed by atoms with E-state index in [0.717, 1.165) is 11.1 Å². The van der Waals surface area contributed by atoms with E-state index >= 15 is 0 Å². The summed E-state index contributed by atoms with van der Waals surface area (Å²) in [5.41, 5.74) is 8.45. The van der Waals surface area contributed by atoms with Crippen molar-refractivity contribution in [3.8, 4) is 0 Å². The molecule has 4 N–H and O–H groups in total. The molecule has 0 bridgehead atoms. The van der Waals surface area contributed by atoms with Crippen LogP contribution in [0, 0.1) is 11.3 Å². The zero-order valence-electron chi connectivity index (χ0n) is 18.4. The molecule has 3 aromatic carbocycles. The van der Waals surface area contributed by atoms with Crippen molar-refractivity contribution in [3.63, 3.8) is 0 Å². The molecule has 33 heavy (non-hydrogen) atoms. The van der Waals surface area contributed by atoms with E-state index in [9.17, 15) is 9.59 Å². The van der Waals surface area contributed by atoms with Gasteiger partial charge in [0.05, 0.1) is 19.1 Å². The predicted molar refractivity (Wildman–Crippen MR) is 130 cm³/mol. The minimum atomic E-state index is -0.690. The Morgan fingerprint density at radius 2 is 1.61 bits per heavy atom. The summed E-state index contributed by atoms with van der Waals surface area (Å²) in [6, 6.07) is 25.0. The minimum absolute atomic E-state index is 0.0515. The number of esters is 1. The average molecular weight is 442 g/mol. The Bertz CT molecular complexity index is 1130. The van der Waals surface area contributed by atoms with Gasteiger partial charge in [-0.1, -0.05) is 78.9 Å². The van der Waals surface area contributed by atoms with Gasteiger partial charge in [0.15, 0.2) is 0 Å². The van der Waals surface area contributed by atoms with E-state index in [1.54, 1.807) is 42.5 Å². The lowest BCUT2D eigenvalue weighted by atomic mass is 9.90. The lowest BCUT2D eigenvalue weighted by Gasteiger charge is -2.24. The fourth-order valence-corrected chi connectivity index (χ4v) is 3.51. The van der Waals surface area contributed by atoms with Crippen molar-refractivity contribution < 1.29 is 14.3 Å². The number of nitrogen functional groups attached to an aromatic ring is 1. The van der Waals surface area contributed by atoms with Crippen LogP contribution in [-0.2, 0) is 16.0 Å². The molecule has 0 saturated carbocycles. The molecule has 0 fully saturated rings. The molecular formula is C27H27N3O3. The molecule has 0 aliphatic heterocycles. The van der Waals surface area contributed by atoms with Crippen molar-refractivity contribution in [1.29, 1.82) is 5.41 Å². The molecule has 0 heterocycles. The molecule has 0 unspecified atom stereocenters. The number of hydrogen-bond donors (Lipinski definition) is 3. The van der Waals surface area contributed by atoms with E-state index in [-0.39, 0.29) is 11.7 Å². The van der Waals surface area contributed by atoms with Crippen molar-refractivity contribution in [1.82, 2.24) is 5.32 Å². The molecule has 0 aromatic heterocycles. The van der Waals surface area contributed by atoms with Gasteiger partial charge in [-0.05, 0) is 35.7 Å². The molecule has 1 amide bonds. The summed E-state index contributed by atoms with van der Waals surface area (Å²) in [6.45, 7) is 0. The highest BCUT2D eigenvalue weighted by Gasteiger charge is 2.29. The fraction of sp³-hybridized carbons (Fsp3) is 0.148. The standard InChI is InChI=1S/C27H27N3O3/c1-33-27(32)23(18-20-11-8-14-22(17-20)25(28)29)24(16-15-19-9-4-2-5-10-19)30-26(31)21-12-6-3-7-13-21/h2-17,23-24H,18H2,1H3,(H3,28,29)(H,30,31)/b16-15+/t23-,24-/m1/s1. The molecule has 2 atom stereocenters. The highest BCUT2D eigenvalue weighted by Crippen LogP contribution is 2.19. The Morgan fingerprint density at radius 1 is 0.970 bits per heavy atom. The van der Waals surface area contributed by atoms with Gasteiger partial charge in [-0.2, -0.15) is 0 Å². The number of carbonyl (C=O) groups is 2. The number of hydrogen-bond acceptors (Lipinski definition) is 4. The Kier molecular flexibility index (Phi) is 8.13. The number of nitrogens with one attached hydrogen (secondary N) is 2. The summed E-state index contributed by atoms with van der Waals surface area (Å²) in [5.74, 6) is -1.47. The van der Waals surface area contributed by atoms with Gasteiger partial charge in [-0.15, -0.1) is 0 Å². The van der Waals surface area contributed by atoms with Crippen LogP contribution in [-0.4, -0.2) is 30.9 Å². The van der Waals surface area contributed by atoms with Crippen LogP contribution in [0.5, 0.6) is 0 Å². The number of ether oxygens (including phenoxy) is 1. The minimum Gasteiger partial charge on any atom is -0.469 e. The van der Waals surface area contributed by atoms with E-state index in [4.69, 9.17) is 15.9 Å². The van der Waals surface area contributed by atoms with E-state index < -0.39 is 17.9 Å². The van der Waals surface area contributed by atoms with E-state index in [2.05, 4.69) is 5.32 Å². The normalized spacial score (nSPS) is 12.6. The van der Waals surface area contributed by atoms with Crippen LogP contribution < -0.4 is 11.1 Å². The number of amidine groups is 1. The highest BCUT2D eigenvalue weighted by molar-refractivity contribution is 5.95. The molecule has 0 aliphatic carbocycles. The lowest BCUT2D eigenvalue weighted by Crippen LogP contribution is -2.43. The SMILES string of the molecule is COC(=O)[C@H](Cc1cccc(C(=N)N)c1)[C@@H](/C=C/c1ccccc1)NC(=O)c1ccccc1. The van der Waals surface area contributed by atoms with Gasteiger partial charge in [0.2, 0.25) is 0 Å². The smallest absolute Gasteiger partial charge is 0.311 e. The van der Waals surface area contributed by atoms with Crippen molar-refractivity contribution in [2.75, 3.05) is 7.11 Å². The van der Waals surface area contributed by atoms with Crippen LogP contribution in [0.3, 0.4) is 0 Å². The largest absolute Gasteiger partial charge is 0.469 e. The van der Waals surface area contributed by atoms with Crippen LogP contribution in [0.4, 0.5) is 0 Å². The van der Waals surface area contributed by atoms with Gasteiger partial charge in [-0.3, -0.25) is 15.0 Å².